The van der Waals surface area contributed by atoms with Crippen LogP contribution in [-0.4, -0.2) is 26.7 Å². The lowest BCUT2D eigenvalue weighted by atomic mass is 10.1. The molecule has 2 aromatic rings. The Bertz CT molecular complexity index is 879. The SMILES string of the molecule is CCc1ccccc1OCC(=O)Nc1ccc(NS(=O)(=O)CC)c(C)c1. The van der Waals surface area contributed by atoms with E-state index in [1.54, 1.807) is 32.0 Å². The van der Waals surface area contributed by atoms with Gasteiger partial charge in [0.1, 0.15) is 5.75 Å². The van der Waals surface area contributed by atoms with Crippen molar-refractivity contribution in [3.63, 3.8) is 0 Å². The van der Waals surface area contributed by atoms with E-state index in [-0.39, 0.29) is 18.3 Å². The molecule has 0 heterocycles. The van der Waals surface area contributed by atoms with Crippen LogP contribution >= 0.6 is 0 Å². The zero-order chi connectivity index (χ0) is 19.2. The normalized spacial score (nSPS) is 11.0. The molecule has 0 saturated heterocycles. The minimum Gasteiger partial charge on any atom is -0.483 e. The standard InChI is InChI=1S/C19H24N2O4S/c1-4-15-8-6-7-9-18(15)25-13-19(22)20-16-10-11-17(14(3)12-16)21-26(23,24)5-2/h6-12,21H,4-5,13H2,1-3H3,(H,20,22). The highest BCUT2D eigenvalue weighted by Gasteiger charge is 2.11. The van der Waals surface area contributed by atoms with Crippen LogP contribution in [0.15, 0.2) is 42.5 Å². The van der Waals surface area contributed by atoms with Crippen molar-refractivity contribution in [2.24, 2.45) is 0 Å². The fourth-order valence-corrected chi connectivity index (χ4v) is 3.08. The molecule has 2 aromatic carbocycles. The van der Waals surface area contributed by atoms with Gasteiger partial charge in [-0.05, 0) is 55.7 Å². The van der Waals surface area contributed by atoms with Crippen molar-refractivity contribution in [3.8, 4) is 5.75 Å². The van der Waals surface area contributed by atoms with Crippen LogP contribution in [0.5, 0.6) is 5.75 Å². The Morgan fingerprint density at radius 3 is 2.50 bits per heavy atom. The van der Waals surface area contributed by atoms with Crippen molar-refractivity contribution in [2.45, 2.75) is 27.2 Å². The molecule has 6 nitrogen and oxygen atoms in total. The maximum absolute atomic E-state index is 12.1. The van der Waals surface area contributed by atoms with Gasteiger partial charge in [0.05, 0.1) is 11.4 Å². The second kappa shape index (κ2) is 8.71. The third kappa shape index (κ3) is 5.49. The Morgan fingerprint density at radius 2 is 1.85 bits per heavy atom. The number of benzene rings is 2. The molecule has 0 aliphatic rings. The van der Waals surface area contributed by atoms with Crippen LogP contribution in [0.1, 0.15) is 25.0 Å². The molecular weight excluding hydrogens is 352 g/mol. The van der Waals surface area contributed by atoms with Crippen molar-refractivity contribution in [1.82, 2.24) is 0 Å². The largest absolute Gasteiger partial charge is 0.483 e. The van der Waals surface area contributed by atoms with E-state index < -0.39 is 10.0 Å². The highest BCUT2D eigenvalue weighted by atomic mass is 32.2. The quantitative estimate of drug-likeness (QED) is 0.740. The summed E-state index contributed by atoms with van der Waals surface area (Å²) >= 11 is 0. The van der Waals surface area contributed by atoms with Gasteiger partial charge in [-0.1, -0.05) is 25.1 Å². The molecule has 0 aromatic heterocycles. The van der Waals surface area contributed by atoms with E-state index >= 15 is 0 Å². The van der Waals surface area contributed by atoms with Gasteiger partial charge >= 0.3 is 0 Å². The first-order valence-corrected chi connectivity index (χ1v) is 10.1. The van der Waals surface area contributed by atoms with Gasteiger partial charge in [0, 0.05) is 5.69 Å². The number of amides is 1. The molecule has 7 heteroatoms. The Morgan fingerprint density at radius 1 is 1.12 bits per heavy atom. The van der Waals surface area contributed by atoms with Gasteiger partial charge < -0.3 is 10.1 Å². The number of rotatable bonds is 8. The fourth-order valence-electron chi connectivity index (χ4n) is 2.37. The average molecular weight is 376 g/mol. The van der Waals surface area contributed by atoms with Crippen molar-refractivity contribution >= 4 is 27.3 Å². The van der Waals surface area contributed by atoms with E-state index in [1.165, 1.54) is 0 Å². The first kappa shape index (κ1) is 19.8. The molecule has 0 atom stereocenters. The summed E-state index contributed by atoms with van der Waals surface area (Å²) < 4.78 is 31.4. The number of nitrogens with one attached hydrogen (secondary N) is 2. The van der Waals surface area contributed by atoms with Gasteiger partial charge in [-0.15, -0.1) is 0 Å². The number of carbonyl (C=O) groups is 1. The molecule has 0 aliphatic carbocycles. The second-order valence-electron chi connectivity index (χ2n) is 5.83. The predicted molar refractivity (Wildman–Crippen MR) is 104 cm³/mol. The molecule has 2 rings (SSSR count). The first-order chi connectivity index (χ1) is 12.3. The van der Waals surface area contributed by atoms with Crippen LogP contribution in [0.3, 0.4) is 0 Å². The average Bonchev–Trinajstić information content (AvgIpc) is 2.62. The molecule has 0 aliphatic heterocycles. The monoisotopic (exact) mass is 376 g/mol. The predicted octanol–water partition coefficient (Wildman–Crippen LogP) is 3.34. The topological polar surface area (TPSA) is 84.5 Å². The molecular formula is C19H24N2O4S. The van der Waals surface area contributed by atoms with E-state index in [9.17, 15) is 13.2 Å². The lowest BCUT2D eigenvalue weighted by Crippen LogP contribution is -2.20. The number of hydrogen-bond acceptors (Lipinski definition) is 4. The molecule has 2 N–H and O–H groups in total. The highest BCUT2D eigenvalue weighted by molar-refractivity contribution is 7.92. The number of ether oxygens (including phenoxy) is 1. The number of aryl methyl sites for hydroxylation is 2. The molecule has 140 valence electrons. The van der Waals surface area contributed by atoms with Crippen molar-refractivity contribution in [3.05, 3.63) is 53.6 Å². The van der Waals surface area contributed by atoms with Gasteiger partial charge in [0.2, 0.25) is 10.0 Å². The summed E-state index contributed by atoms with van der Waals surface area (Å²) in [5, 5.41) is 2.75. The molecule has 0 radical (unpaired) electrons. The van der Waals surface area contributed by atoms with Crippen molar-refractivity contribution in [2.75, 3.05) is 22.4 Å². The van der Waals surface area contributed by atoms with Gasteiger partial charge in [0.25, 0.3) is 5.91 Å². The minimum absolute atomic E-state index is 0.00149. The summed E-state index contributed by atoms with van der Waals surface area (Å²) in [7, 11) is -3.33. The third-order valence-electron chi connectivity index (χ3n) is 3.87. The summed E-state index contributed by atoms with van der Waals surface area (Å²) in [6, 6.07) is 12.6. The number of carbonyl (C=O) groups excluding carboxylic acids is 1. The zero-order valence-electron chi connectivity index (χ0n) is 15.2. The summed E-state index contributed by atoms with van der Waals surface area (Å²) in [5.41, 5.74) is 2.85. The Hall–Kier alpha value is -2.54. The minimum atomic E-state index is -3.33. The number of hydrogen-bond donors (Lipinski definition) is 2. The molecule has 26 heavy (non-hydrogen) atoms. The van der Waals surface area contributed by atoms with E-state index in [0.717, 1.165) is 17.5 Å². The van der Waals surface area contributed by atoms with Crippen LogP contribution in [0, 0.1) is 6.92 Å². The number of anilines is 2. The van der Waals surface area contributed by atoms with Crippen LogP contribution in [0.4, 0.5) is 11.4 Å². The summed E-state index contributed by atoms with van der Waals surface area (Å²) in [6.07, 6.45) is 0.826. The molecule has 0 spiro atoms. The zero-order valence-corrected chi connectivity index (χ0v) is 16.0. The third-order valence-corrected chi connectivity index (χ3v) is 5.16. The highest BCUT2D eigenvalue weighted by Crippen LogP contribution is 2.21. The molecule has 0 unspecified atom stereocenters. The number of para-hydroxylation sites is 1. The van der Waals surface area contributed by atoms with Crippen LogP contribution in [-0.2, 0) is 21.2 Å². The van der Waals surface area contributed by atoms with E-state index in [0.29, 0.717) is 17.1 Å². The maximum atomic E-state index is 12.1. The van der Waals surface area contributed by atoms with Gasteiger partial charge in [0.15, 0.2) is 6.61 Å². The van der Waals surface area contributed by atoms with Gasteiger partial charge in [-0.25, -0.2) is 8.42 Å². The Balaban J connectivity index is 1.98. The Labute approximate surface area is 154 Å². The summed E-state index contributed by atoms with van der Waals surface area (Å²) in [4.78, 5) is 12.1. The molecule has 0 saturated carbocycles. The molecule has 1 amide bonds. The lowest BCUT2D eigenvalue weighted by molar-refractivity contribution is -0.118. The maximum Gasteiger partial charge on any atom is 0.262 e. The van der Waals surface area contributed by atoms with Gasteiger partial charge in [-0.2, -0.15) is 0 Å². The van der Waals surface area contributed by atoms with Crippen molar-refractivity contribution < 1.29 is 17.9 Å². The van der Waals surface area contributed by atoms with Crippen molar-refractivity contribution in [1.29, 1.82) is 0 Å². The van der Waals surface area contributed by atoms with Gasteiger partial charge in [-0.3, -0.25) is 9.52 Å². The van der Waals surface area contributed by atoms with E-state index in [4.69, 9.17) is 4.74 Å². The van der Waals surface area contributed by atoms with Crippen LogP contribution in [0.2, 0.25) is 0 Å². The van der Waals surface area contributed by atoms with E-state index in [1.807, 2.05) is 31.2 Å². The lowest BCUT2D eigenvalue weighted by Gasteiger charge is -2.13. The molecule has 0 bridgehead atoms. The smallest absolute Gasteiger partial charge is 0.262 e. The summed E-state index contributed by atoms with van der Waals surface area (Å²) in [5.74, 6) is 0.421. The fraction of sp³-hybridized carbons (Fsp3) is 0.316. The first-order valence-electron chi connectivity index (χ1n) is 8.46. The van der Waals surface area contributed by atoms with Crippen LogP contribution in [0.25, 0.3) is 0 Å². The molecule has 0 fully saturated rings. The Kier molecular flexibility index (Phi) is 6.63. The number of sulfonamides is 1. The van der Waals surface area contributed by atoms with Crippen LogP contribution < -0.4 is 14.8 Å². The second-order valence-corrected chi connectivity index (χ2v) is 7.84. The summed E-state index contributed by atoms with van der Waals surface area (Å²) in [6.45, 7) is 5.28. The van der Waals surface area contributed by atoms with E-state index in [2.05, 4.69) is 10.0 Å².